The molecule has 0 unspecified atom stereocenters. The third-order valence-electron chi connectivity index (χ3n) is 2.94. The van der Waals surface area contributed by atoms with Gasteiger partial charge in [0.25, 0.3) is 0 Å². The molecule has 0 radical (unpaired) electrons. The molecule has 3 heteroatoms. The number of benzene rings is 1. The van der Waals surface area contributed by atoms with Crippen molar-refractivity contribution in [3.63, 3.8) is 0 Å². The largest absolute Gasteiger partial charge is 0.396 e. The molecule has 0 saturated carbocycles. The highest BCUT2D eigenvalue weighted by atomic mass is 19.1. The Labute approximate surface area is 95.7 Å². The van der Waals surface area contributed by atoms with Crippen molar-refractivity contribution in [3.05, 3.63) is 35.6 Å². The summed E-state index contributed by atoms with van der Waals surface area (Å²) < 4.78 is 12.7. The smallest absolute Gasteiger partial charge is 0.123 e. The van der Waals surface area contributed by atoms with Gasteiger partial charge >= 0.3 is 0 Å². The van der Waals surface area contributed by atoms with Gasteiger partial charge in [0.1, 0.15) is 5.82 Å². The van der Waals surface area contributed by atoms with E-state index in [1.165, 1.54) is 12.1 Å². The first kappa shape index (κ1) is 13.1. The van der Waals surface area contributed by atoms with Gasteiger partial charge in [-0.2, -0.15) is 0 Å². The fraction of sp³-hybridized carbons (Fsp3) is 0.538. The highest BCUT2D eigenvalue weighted by Gasteiger charge is 2.27. The zero-order chi connectivity index (χ0) is 12.0. The van der Waals surface area contributed by atoms with Crippen LogP contribution in [0.5, 0.6) is 0 Å². The maximum atomic E-state index is 12.7. The zero-order valence-electron chi connectivity index (χ0n) is 9.62. The van der Waals surface area contributed by atoms with Gasteiger partial charge in [0.05, 0.1) is 13.2 Å². The van der Waals surface area contributed by atoms with E-state index in [9.17, 15) is 14.6 Å². The second-order valence-electron chi connectivity index (χ2n) is 4.37. The summed E-state index contributed by atoms with van der Waals surface area (Å²) in [5, 5.41) is 18.8. The van der Waals surface area contributed by atoms with Gasteiger partial charge in [-0.1, -0.05) is 25.5 Å². The Kier molecular flexibility index (Phi) is 4.90. The molecule has 0 heterocycles. The van der Waals surface area contributed by atoms with Crippen LogP contribution in [0, 0.1) is 11.2 Å². The van der Waals surface area contributed by atoms with Gasteiger partial charge in [-0.25, -0.2) is 4.39 Å². The first-order valence-corrected chi connectivity index (χ1v) is 5.62. The summed E-state index contributed by atoms with van der Waals surface area (Å²) >= 11 is 0. The number of hydrogen-bond donors (Lipinski definition) is 2. The lowest BCUT2D eigenvalue weighted by Gasteiger charge is -2.29. The standard InChI is InChI=1S/C13H19FO2/c1-2-7-13(9-15,10-16)8-11-3-5-12(14)6-4-11/h3-6,15-16H,2,7-10H2,1H3. The van der Waals surface area contributed by atoms with Gasteiger partial charge in [0.15, 0.2) is 0 Å². The highest BCUT2D eigenvalue weighted by molar-refractivity contribution is 5.17. The van der Waals surface area contributed by atoms with Crippen LogP contribution in [0.4, 0.5) is 4.39 Å². The summed E-state index contributed by atoms with van der Waals surface area (Å²) in [6, 6.07) is 6.21. The van der Waals surface area contributed by atoms with Crippen LogP contribution in [0.15, 0.2) is 24.3 Å². The van der Waals surface area contributed by atoms with Crippen LogP contribution >= 0.6 is 0 Å². The molecule has 0 amide bonds. The van der Waals surface area contributed by atoms with Crippen LogP contribution in [-0.2, 0) is 6.42 Å². The molecule has 1 aromatic carbocycles. The lowest BCUT2D eigenvalue weighted by Crippen LogP contribution is -2.32. The number of aliphatic hydroxyl groups is 2. The van der Waals surface area contributed by atoms with Crippen molar-refractivity contribution in [2.75, 3.05) is 13.2 Å². The molecular weight excluding hydrogens is 207 g/mol. The molecule has 0 bridgehead atoms. The van der Waals surface area contributed by atoms with Crippen molar-refractivity contribution in [2.45, 2.75) is 26.2 Å². The van der Waals surface area contributed by atoms with Crippen LogP contribution in [-0.4, -0.2) is 23.4 Å². The molecule has 0 fully saturated rings. The van der Waals surface area contributed by atoms with Crippen molar-refractivity contribution in [1.29, 1.82) is 0 Å². The number of halogens is 1. The summed E-state index contributed by atoms with van der Waals surface area (Å²) in [4.78, 5) is 0. The topological polar surface area (TPSA) is 40.5 Å². The maximum absolute atomic E-state index is 12.7. The van der Waals surface area contributed by atoms with Gasteiger partial charge in [0, 0.05) is 5.41 Å². The van der Waals surface area contributed by atoms with E-state index in [1.807, 2.05) is 6.92 Å². The molecule has 0 atom stereocenters. The summed E-state index contributed by atoms with van der Waals surface area (Å²) in [6.45, 7) is 1.92. The van der Waals surface area contributed by atoms with E-state index in [-0.39, 0.29) is 19.0 Å². The Morgan fingerprint density at radius 1 is 1.12 bits per heavy atom. The highest BCUT2D eigenvalue weighted by Crippen LogP contribution is 2.27. The monoisotopic (exact) mass is 226 g/mol. The predicted molar refractivity (Wildman–Crippen MR) is 61.6 cm³/mol. The number of rotatable bonds is 6. The third-order valence-corrected chi connectivity index (χ3v) is 2.94. The molecule has 2 nitrogen and oxygen atoms in total. The molecule has 2 N–H and O–H groups in total. The number of hydrogen-bond acceptors (Lipinski definition) is 2. The molecule has 1 aromatic rings. The lowest BCUT2D eigenvalue weighted by molar-refractivity contribution is 0.0466. The van der Waals surface area contributed by atoms with E-state index in [0.717, 1.165) is 18.4 Å². The van der Waals surface area contributed by atoms with Gasteiger partial charge in [-0.15, -0.1) is 0 Å². The normalized spacial score (nSPS) is 11.8. The van der Waals surface area contributed by atoms with Gasteiger partial charge < -0.3 is 10.2 Å². The maximum Gasteiger partial charge on any atom is 0.123 e. The summed E-state index contributed by atoms with van der Waals surface area (Å²) in [5.41, 5.74) is 0.463. The average Bonchev–Trinajstić information content (AvgIpc) is 2.31. The fourth-order valence-electron chi connectivity index (χ4n) is 1.97. The van der Waals surface area contributed by atoms with E-state index in [1.54, 1.807) is 12.1 Å². The molecular formula is C13H19FO2. The third kappa shape index (κ3) is 3.29. The van der Waals surface area contributed by atoms with E-state index in [2.05, 4.69) is 0 Å². The van der Waals surface area contributed by atoms with Crippen molar-refractivity contribution in [3.8, 4) is 0 Å². The average molecular weight is 226 g/mol. The quantitative estimate of drug-likeness (QED) is 0.780. The van der Waals surface area contributed by atoms with E-state index < -0.39 is 5.41 Å². The number of aliphatic hydroxyl groups excluding tert-OH is 2. The molecule has 0 saturated heterocycles. The Bertz CT molecular complexity index is 304. The van der Waals surface area contributed by atoms with Crippen LogP contribution in [0.1, 0.15) is 25.3 Å². The molecule has 0 aliphatic carbocycles. The Balaban J connectivity index is 2.78. The summed E-state index contributed by atoms with van der Waals surface area (Å²) in [5.74, 6) is -0.266. The van der Waals surface area contributed by atoms with Crippen LogP contribution < -0.4 is 0 Å². The van der Waals surface area contributed by atoms with E-state index >= 15 is 0 Å². The summed E-state index contributed by atoms with van der Waals surface area (Å²) in [7, 11) is 0. The first-order chi connectivity index (χ1) is 7.65. The molecule has 0 aliphatic rings. The minimum absolute atomic E-state index is 0.0469. The molecule has 16 heavy (non-hydrogen) atoms. The second kappa shape index (κ2) is 5.97. The molecule has 0 spiro atoms. The zero-order valence-corrected chi connectivity index (χ0v) is 9.62. The lowest BCUT2D eigenvalue weighted by atomic mass is 9.79. The Hall–Kier alpha value is -0.930. The fourth-order valence-corrected chi connectivity index (χ4v) is 1.97. The van der Waals surface area contributed by atoms with Crippen molar-refractivity contribution < 1.29 is 14.6 Å². The Morgan fingerprint density at radius 2 is 1.69 bits per heavy atom. The molecule has 90 valence electrons. The van der Waals surface area contributed by atoms with Crippen LogP contribution in [0.25, 0.3) is 0 Å². The van der Waals surface area contributed by atoms with Gasteiger partial charge in [-0.3, -0.25) is 0 Å². The van der Waals surface area contributed by atoms with Gasteiger partial charge in [-0.05, 0) is 30.5 Å². The Morgan fingerprint density at radius 3 is 2.12 bits per heavy atom. The second-order valence-corrected chi connectivity index (χ2v) is 4.37. The van der Waals surface area contributed by atoms with E-state index in [0.29, 0.717) is 6.42 Å². The molecule has 0 aromatic heterocycles. The SMILES string of the molecule is CCCC(CO)(CO)Cc1ccc(F)cc1. The predicted octanol–water partition coefficient (Wildman–Crippen LogP) is 2.14. The van der Waals surface area contributed by atoms with Crippen LogP contribution in [0.2, 0.25) is 0 Å². The molecule has 1 rings (SSSR count). The van der Waals surface area contributed by atoms with Crippen molar-refractivity contribution in [1.82, 2.24) is 0 Å². The van der Waals surface area contributed by atoms with Crippen molar-refractivity contribution >= 4 is 0 Å². The first-order valence-electron chi connectivity index (χ1n) is 5.62. The van der Waals surface area contributed by atoms with E-state index in [4.69, 9.17) is 0 Å². The summed E-state index contributed by atoms with van der Waals surface area (Å²) in [6.07, 6.45) is 2.24. The van der Waals surface area contributed by atoms with Crippen molar-refractivity contribution in [2.24, 2.45) is 5.41 Å². The van der Waals surface area contributed by atoms with Gasteiger partial charge in [0.2, 0.25) is 0 Å². The minimum atomic E-state index is -0.480. The van der Waals surface area contributed by atoms with Crippen LogP contribution in [0.3, 0.4) is 0 Å². The minimum Gasteiger partial charge on any atom is -0.396 e. The molecule has 0 aliphatic heterocycles.